The van der Waals surface area contributed by atoms with E-state index < -0.39 is 11.9 Å². The molecular weight excluding hydrogens is 218 g/mol. The topological polar surface area (TPSA) is 70.2 Å². The standard InChI is InChI=1S/C13H11NO3/c15-12(8-5-9(8)13(16)17)10-6-14-11-4-2-1-3-7(10)11/h1-4,6,8-9,14H,5H2,(H,16,17). The molecule has 1 aromatic carbocycles. The van der Waals surface area contributed by atoms with Crippen molar-refractivity contribution in [3.8, 4) is 0 Å². The zero-order valence-electron chi connectivity index (χ0n) is 9.01. The van der Waals surface area contributed by atoms with Gasteiger partial charge in [-0.3, -0.25) is 9.59 Å². The van der Waals surface area contributed by atoms with Crippen LogP contribution in [0, 0.1) is 11.8 Å². The van der Waals surface area contributed by atoms with Crippen LogP contribution in [-0.2, 0) is 4.79 Å². The third-order valence-corrected chi connectivity index (χ3v) is 3.30. The lowest BCUT2D eigenvalue weighted by atomic mass is 10.1. The molecule has 4 heteroatoms. The molecule has 86 valence electrons. The van der Waals surface area contributed by atoms with Gasteiger partial charge in [-0.1, -0.05) is 18.2 Å². The number of fused-ring (bicyclic) bond motifs is 1. The fourth-order valence-corrected chi connectivity index (χ4v) is 2.23. The second-order valence-electron chi connectivity index (χ2n) is 4.40. The number of para-hydroxylation sites is 1. The molecule has 1 aliphatic rings. The average molecular weight is 229 g/mol. The van der Waals surface area contributed by atoms with Crippen molar-refractivity contribution < 1.29 is 14.7 Å². The molecule has 2 unspecified atom stereocenters. The van der Waals surface area contributed by atoms with Gasteiger partial charge in [0.15, 0.2) is 5.78 Å². The maximum Gasteiger partial charge on any atom is 0.307 e. The van der Waals surface area contributed by atoms with E-state index in [1.54, 1.807) is 6.20 Å². The first-order chi connectivity index (χ1) is 8.18. The lowest BCUT2D eigenvalue weighted by Gasteiger charge is -1.96. The maximum absolute atomic E-state index is 12.1. The summed E-state index contributed by atoms with van der Waals surface area (Å²) in [6, 6.07) is 7.53. The molecule has 0 saturated heterocycles. The molecule has 1 heterocycles. The van der Waals surface area contributed by atoms with Gasteiger partial charge in [-0.25, -0.2) is 0 Å². The van der Waals surface area contributed by atoms with Crippen LogP contribution < -0.4 is 0 Å². The van der Waals surface area contributed by atoms with Crippen LogP contribution in [0.25, 0.3) is 10.9 Å². The third kappa shape index (κ3) is 1.53. The van der Waals surface area contributed by atoms with E-state index in [2.05, 4.69) is 4.98 Å². The highest BCUT2D eigenvalue weighted by atomic mass is 16.4. The molecule has 2 N–H and O–H groups in total. The molecule has 2 atom stereocenters. The summed E-state index contributed by atoms with van der Waals surface area (Å²) in [5.74, 6) is -1.76. The average Bonchev–Trinajstić information content (AvgIpc) is 3.02. The summed E-state index contributed by atoms with van der Waals surface area (Å²) in [6.45, 7) is 0. The number of Topliss-reactive ketones (excluding diaryl/α,β-unsaturated/α-hetero) is 1. The number of aliphatic carboxylic acids is 1. The van der Waals surface area contributed by atoms with E-state index in [-0.39, 0.29) is 11.7 Å². The largest absolute Gasteiger partial charge is 0.481 e. The summed E-state index contributed by atoms with van der Waals surface area (Å²) < 4.78 is 0. The minimum absolute atomic E-state index is 0.0603. The molecule has 1 aliphatic carbocycles. The molecule has 1 saturated carbocycles. The second kappa shape index (κ2) is 3.45. The van der Waals surface area contributed by atoms with Gasteiger partial charge < -0.3 is 10.1 Å². The number of carbonyl (C=O) groups excluding carboxylic acids is 1. The number of aromatic nitrogens is 1. The molecule has 2 aromatic rings. The van der Waals surface area contributed by atoms with Crippen LogP contribution in [0.4, 0.5) is 0 Å². The Morgan fingerprint density at radius 1 is 1.24 bits per heavy atom. The van der Waals surface area contributed by atoms with Crippen molar-refractivity contribution in [3.63, 3.8) is 0 Å². The van der Waals surface area contributed by atoms with Crippen LogP contribution in [0.3, 0.4) is 0 Å². The number of hydrogen-bond donors (Lipinski definition) is 2. The van der Waals surface area contributed by atoms with Gasteiger partial charge in [0.2, 0.25) is 0 Å². The highest BCUT2D eigenvalue weighted by Crippen LogP contribution is 2.42. The van der Waals surface area contributed by atoms with Gasteiger partial charge in [0.1, 0.15) is 0 Å². The number of H-pyrrole nitrogens is 1. The van der Waals surface area contributed by atoms with Crippen molar-refractivity contribution in [3.05, 3.63) is 36.0 Å². The number of hydrogen-bond acceptors (Lipinski definition) is 2. The van der Waals surface area contributed by atoms with Crippen molar-refractivity contribution >= 4 is 22.7 Å². The van der Waals surface area contributed by atoms with E-state index in [4.69, 9.17) is 5.11 Å². The van der Waals surface area contributed by atoms with Crippen LogP contribution >= 0.6 is 0 Å². The zero-order valence-corrected chi connectivity index (χ0v) is 9.01. The molecule has 0 amide bonds. The highest BCUT2D eigenvalue weighted by Gasteiger charge is 2.48. The monoisotopic (exact) mass is 229 g/mol. The number of ketones is 1. The van der Waals surface area contributed by atoms with Gasteiger partial charge in [-0.05, 0) is 12.5 Å². The summed E-state index contributed by atoms with van der Waals surface area (Å²) in [4.78, 5) is 25.9. The molecule has 0 radical (unpaired) electrons. The first-order valence-corrected chi connectivity index (χ1v) is 5.51. The molecule has 1 aromatic heterocycles. The fraction of sp³-hybridized carbons (Fsp3) is 0.231. The molecular formula is C13H11NO3. The van der Waals surface area contributed by atoms with Crippen molar-refractivity contribution in [1.29, 1.82) is 0 Å². The predicted molar refractivity (Wildman–Crippen MR) is 61.9 cm³/mol. The highest BCUT2D eigenvalue weighted by molar-refractivity contribution is 6.11. The Labute approximate surface area is 97.3 Å². The Morgan fingerprint density at radius 3 is 2.71 bits per heavy atom. The summed E-state index contributed by atoms with van der Waals surface area (Å²) in [5, 5.41) is 9.69. The van der Waals surface area contributed by atoms with E-state index >= 15 is 0 Å². The van der Waals surface area contributed by atoms with E-state index in [1.807, 2.05) is 24.3 Å². The van der Waals surface area contributed by atoms with Crippen LogP contribution in [0.1, 0.15) is 16.8 Å². The lowest BCUT2D eigenvalue weighted by Crippen LogP contribution is -2.07. The smallest absolute Gasteiger partial charge is 0.307 e. The van der Waals surface area contributed by atoms with Crippen molar-refractivity contribution in [2.24, 2.45) is 11.8 Å². The normalized spacial score (nSPS) is 22.6. The van der Waals surface area contributed by atoms with Gasteiger partial charge in [-0.2, -0.15) is 0 Å². The first kappa shape index (κ1) is 10.1. The van der Waals surface area contributed by atoms with E-state index in [0.29, 0.717) is 12.0 Å². The number of carboxylic acids is 1. The molecule has 1 fully saturated rings. The minimum Gasteiger partial charge on any atom is -0.481 e. The molecule has 0 spiro atoms. The van der Waals surface area contributed by atoms with Gasteiger partial charge in [0.25, 0.3) is 0 Å². The van der Waals surface area contributed by atoms with E-state index in [0.717, 1.165) is 10.9 Å². The Hall–Kier alpha value is -2.10. The summed E-state index contributed by atoms with van der Waals surface area (Å²) in [5.41, 5.74) is 1.51. The quantitative estimate of drug-likeness (QED) is 0.791. The number of aromatic amines is 1. The van der Waals surface area contributed by atoms with Crippen molar-refractivity contribution in [2.75, 3.05) is 0 Å². The molecule has 4 nitrogen and oxygen atoms in total. The Kier molecular flexibility index (Phi) is 2.04. The number of benzene rings is 1. The molecule has 17 heavy (non-hydrogen) atoms. The summed E-state index contributed by atoms with van der Waals surface area (Å²) in [6.07, 6.45) is 2.14. The van der Waals surface area contributed by atoms with Gasteiger partial charge in [-0.15, -0.1) is 0 Å². The van der Waals surface area contributed by atoms with Crippen molar-refractivity contribution in [1.82, 2.24) is 4.98 Å². The molecule has 3 rings (SSSR count). The van der Waals surface area contributed by atoms with E-state index in [1.165, 1.54) is 0 Å². The number of carboxylic acid groups (broad SMARTS) is 1. The Balaban J connectivity index is 1.95. The zero-order chi connectivity index (χ0) is 12.0. The maximum atomic E-state index is 12.1. The SMILES string of the molecule is O=C(O)C1CC1C(=O)c1c[nH]c2ccccc12. The third-order valence-electron chi connectivity index (χ3n) is 3.30. The number of nitrogens with one attached hydrogen (secondary N) is 1. The van der Waals surface area contributed by atoms with Crippen molar-refractivity contribution in [2.45, 2.75) is 6.42 Å². The van der Waals surface area contributed by atoms with Gasteiger partial charge >= 0.3 is 5.97 Å². The number of carbonyl (C=O) groups is 2. The van der Waals surface area contributed by atoms with Gasteiger partial charge in [0, 0.05) is 28.6 Å². The summed E-state index contributed by atoms with van der Waals surface area (Å²) in [7, 11) is 0. The predicted octanol–water partition coefficient (Wildman–Crippen LogP) is 2.07. The number of rotatable bonds is 3. The van der Waals surface area contributed by atoms with Crippen LogP contribution in [0.2, 0.25) is 0 Å². The van der Waals surface area contributed by atoms with Crippen LogP contribution in [0.5, 0.6) is 0 Å². The Morgan fingerprint density at radius 2 is 2.00 bits per heavy atom. The van der Waals surface area contributed by atoms with Gasteiger partial charge in [0.05, 0.1) is 5.92 Å². The summed E-state index contributed by atoms with van der Waals surface area (Å²) >= 11 is 0. The second-order valence-corrected chi connectivity index (χ2v) is 4.40. The minimum atomic E-state index is -0.872. The van der Waals surface area contributed by atoms with Crippen LogP contribution in [0.15, 0.2) is 30.5 Å². The Bertz CT molecular complexity index is 614. The fourth-order valence-electron chi connectivity index (χ4n) is 2.23. The van der Waals surface area contributed by atoms with Crippen LogP contribution in [-0.4, -0.2) is 21.8 Å². The lowest BCUT2D eigenvalue weighted by molar-refractivity contribution is -0.138. The molecule has 0 aliphatic heterocycles. The first-order valence-electron chi connectivity index (χ1n) is 5.51. The van der Waals surface area contributed by atoms with E-state index in [9.17, 15) is 9.59 Å². The molecule has 0 bridgehead atoms.